The maximum Gasteiger partial charge on any atom is 0.312 e. The van der Waals surface area contributed by atoms with E-state index < -0.39 is 0 Å². The first-order valence-corrected chi connectivity index (χ1v) is 9.95. The first-order valence-electron chi connectivity index (χ1n) is 9.95. The fourth-order valence-corrected chi connectivity index (χ4v) is 4.82. The number of ether oxygens (including phenoxy) is 1. The van der Waals surface area contributed by atoms with Gasteiger partial charge in [-0.1, -0.05) is 6.07 Å². The van der Waals surface area contributed by atoms with E-state index in [1.165, 1.54) is 5.56 Å². The summed E-state index contributed by atoms with van der Waals surface area (Å²) >= 11 is 0. The van der Waals surface area contributed by atoms with E-state index in [4.69, 9.17) is 4.74 Å². The molecule has 0 radical (unpaired) electrons. The molecule has 0 aliphatic carbocycles. The lowest BCUT2D eigenvalue weighted by molar-refractivity contribution is -0.150. The largest absolute Gasteiger partial charge is 0.461 e. The number of piperidine rings is 2. The predicted octanol–water partition coefficient (Wildman–Crippen LogP) is 2.16. The first kappa shape index (κ1) is 23.2. The van der Waals surface area contributed by atoms with E-state index in [1.54, 1.807) is 6.07 Å². The minimum absolute atomic E-state index is 0. The van der Waals surface area contributed by atoms with Crippen molar-refractivity contribution in [2.45, 2.75) is 44.6 Å². The van der Waals surface area contributed by atoms with E-state index in [0.717, 1.165) is 71.2 Å². The van der Waals surface area contributed by atoms with Crippen molar-refractivity contribution in [3.05, 3.63) is 34.2 Å². The van der Waals surface area contributed by atoms with Crippen LogP contribution in [0.25, 0.3) is 0 Å². The summed E-state index contributed by atoms with van der Waals surface area (Å²) in [6, 6.07) is 3.54. The van der Waals surface area contributed by atoms with Crippen LogP contribution in [0.2, 0.25) is 0 Å². The number of hydrogen-bond donors (Lipinski definition) is 2. The molecular weight excluding hydrogens is 401 g/mol. The molecule has 0 amide bonds. The van der Waals surface area contributed by atoms with Crippen molar-refractivity contribution < 1.29 is 9.53 Å². The molecule has 0 bridgehead atoms. The van der Waals surface area contributed by atoms with Crippen molar-refractivity contribution in [3.8, 4) is 0 Å². The van der Waals surface area contributed by atoms with Gasteiger partial charge in [-0.15, -0.1) is 24.8 Å². The fraction of sp³-hybridized carbons (Fsp3) is 0.700. The number of carbonyl (C=O) groups excluding carboxylic acids is 1. The Bertz CT molecular complexity index is 678. The van der Waals surface area contributed by atoms with Gasteiger partial charge >= 0.3 is 5.97 Å². The Morgan fingerprint density at radius 3 is 2.46 bits per heavy atom. The maximum atomic E-state index is 12.4. The van der Waals surface area contributed by atoms with Crippen molar-refractivity contribution in [1.29, 1.82) is 0 Å². The molecule has 3 saturated heterocycles. The third kappa shape index (κ3) is 5.29. The molecule has 3 fully saturated rings. The van der Waals surface area contributed by atoms with E-state index >= 15 is 0 Å². The van der Waals surface area contributed by atoms with Crippen LogP contribution in [-0.4, -0.2) is 54.7 Å². The van der Waals surface area contributed by atoms with E-state index in [9.17, 15) is 9.59 Å². The molecule has 3 aliphatic heterocycles. The number of H-pyrrole nitrogens is 1. The van der Waals surface area contributed by atoms with Crippen LogP contribution in [0.3, 0.4) is 0 Å². The van der Waals surface area contributed by atoms with Gasteiger partial charge in [0.1, 0.15) is 6.10 Å². The van der Waals surface area contributed by atoms with Gasteiger partial charge in [0.15, 0.2) is 0 Å². The third-order valence-corrected chi connectivity index (χ3v) is 6.43. The Hall–Kier alpha value is -1.08. The molecule has 4 heterocycles. The van der Waals surface area contributed by atoms with Crippen molar-refractivity contribution in [1.82, 2.24) is 15.2 Å². The molecule has 158 valence electrons. The summed E-state index contributed by atoms with van der Waals surface area (Å²) in [5.74, 6) is 0.705. The summed E-state index contributed by atoms with van der Waals surface area (Å²) in [5, 5.41) is 3.34. The molecule has 4 rings (SSSR count). The first-order chi connectivity index (χ1) is 12.6. The van der Waals surface area contributed by atoms with E-state index in [0.29, 0.717) is 5.92 Å². The highest BCUT2D eigenvalue weighted by Crippen LogP contribution is 2.41. The number of likely N-dealkylation sites (tertiary alicyclic amines) is 1. The summed E-state index contributed by atoms with van der Waals surface area (Å²) in [6.07, 6.45) is 7.99. The second kappa shape index (κ2) is 10.1. The minimum Gasteiger partial charge on any atom is -0.461 e. The van der Waals surface area contributed by atoms with Crippen molar-refractivity contribution >= 4 is 30.8 Å². The number of carbonyl (C=O) groups is 1. The SMILES string of the molecule is Cl.Cl.O=C1OC(CN2CCC(Cc3ccc(=O)[nH]c3)CC2)CC12CCNCC2. The Labute approximate surface area is 178 Å². The van der Waals surface area contributed by atoms with Gasteiger partial charge in [0.25, 0.3) is 0 Å². The predicted molar refractivity (Wildman–Crippen MR) is 113 cm³/mol. The Morgan fingerprint density at radius 1 is 1.11 bits per heavy atom. The maximum absolute atomic E-state index is 12.4. The molecule has 1 spiro atoms. The number of nitrogens with zero attached hydrogens (tertiary/aromatic N) is 1. The fourth-order valence-electron chi connectivity index (χ4n) is 4.82. The van der Waals surface area contributed by atoms with Gasteiger partial charge in [0, 0.05) is 25.2 Å². The van der Waals surface area contributed by atoms with Crippen LogP contribution < -0.4 is 10.9 Å². The number of rotatable bonds is 4. The molecule has 3 aliphatic rings. The second-order valence-electron chi connectivity index (χ2n) is 8.27. The molecule has 6 nitrogen and oxygen atoms in total. The number of nitrogens with one attached hydrogen (secondary N) is 2. The van der Waals surface area contributed by atoms with Crippen LogP contribution in [0.4, 0.5) is 0 Å². The van der Waals surface area contributed by atoms with Gasteiger partial charge in [-0.3, -0.25) is 14.5 Å². The van der Waals surface area contributed by atoms with Gasteiger partial charge in [0.05, 0.1) is 5.41 Å². The van der Waals surface area contributed by atoms with E-state index in [1.807, 2.05) is 12.3 Å². The molecular formula is C20H31Cl2N3O3. The normalized spacial score (nSPS) is 25.0. The molecule has 1 aromatic rings. The average molecular weight is 432 g/mol. The van der Waals surface area contributed by atoms with Gasteiger partial charge < -0.3 is 15.0 Å². The van der Waals surface area contributed by atoms with E-state index in [-0.39, 0.29) is 47.9 Å². The number of aromatic amines is 1. The number of cyclic esters (lactones) is 1. The number of aromatic nitrogens is 1. The number of halogens is 2. The summed E-state index contributed by atoms with van der Waals surface area (Å²) in [5.41, 5.74) is 0.958. The molecule has 0 saturated carbocycles. The van der Waals surface area contributed by atoms with Crippen LogP contribution in [0.15, 0.2) is 23.1 Å². The zero-order valence-corrected chi connectivity index (χ0v) is 17.8. The van der Waals surface area contributed by atoms with Gasteiger partial charge in [-0.2, -0.15) is 0 Å². The van der Waals surface area contributed by atoms with Crippen molar-refractivity contribution in [2.75, 3.05) is 32.7 Å². The number of pyridine rings is 1. The Kier molecular flexibility index (Phi) is 8.37. The quantitative estimate of drug-likeness (QED) is 0.714. The molecule has 28 heavy (non-hydrogen) atoms. The molecule has 8 heteroatoms. The molecule has 0 aromatic carbocycles. The summed E-state index contributed by atoms with van der Waals surface area (Å²) in [6.45, 7) is 4.87. The van der Waals surface area contributed by atoms with Crippen LogP contribution in [0, 0.1) is 11.3 Å². The van der Waals surface area contributed by atoms with Crippen LogP contribution in [0.1, 0.15) is 37.7 Å². The van der Waals surface area contributed by atoms with Gasteiger partial charge in [-0.05, 0) is 69.8 Å². The highest BCUT2D eigenvalue weighted by atomic mass is 35.5. The second-order valence-corrected chi connectivity index (χ2v) is 8.27. The lowest BCUT2D eigenvalue weighted by atomic mass is 9.76. The van der Waals surface area contributed by atoms with Crippen molar-refractivity contribution in [2.24, 2.45) is 11.3 Å². The standard InChI is InChI=1S/C20H29N3O3.2ClH/c24-18-2-1-16(13-22-18)11-15-3-9-23(10-4-15)14-17-12-20(19(25)26-17)5-7-21-8-6-20;;/h1-2,13,15,17,21H,3-12,14H2,(H,22,24);2*1H. The Balaban J connectivity index is 0.00000140. The molecule has 1 aromatic heterocycles. The zero-order valence-electron chi connectivity index (χ0n) is 16.2. The highest BCUT2D eigenvalue weighted by molar-refractivity contribution is 5.85. The lowest BCUT2D eigenvalue weighted by Crippen LogP contribution is -2.40. The smallest absolute Gasteiger partial charge is 0.312 e. The van der Waals surface area contributed by atoms with Gasteiger partial charge in [-0.25, -0.2) is 0 Å². The molecule has 1 unspecified atom stereocenters. The average Bonchev–Trinajstić information content (AvgIpc) is 2.94. The molecule has 2 N–H and O–H groups in total. The van der Waals surface area contributed by atoms with E-state index in [2.05, 4.69) is 15.2 Å². The van der Waals surface area contributed by atoms with Crippen LogP contribution in [0.5, 0.6) is 0 Å². The minimum atomic E-state index is -0.210. The Morgan fingerprint density at radius 2 is 1.82 bits per heavy atom. The number of hydrogen-bond acceptors (Lipinski definition) is 5. The summed E-state index contributed by atoms with van der Waals surface area (Å²) < 4.78 is 5.75. The van der Waals surface area contributed by atoms with Crippen LogP contribution >= 0.6 is 24.8 Å². The monoisotopic (exact) mass is 431 g/mol. The van der Waals surface area contributed by atoms with Crippen LogP contribution in [-0.2, 0) is 16.0 Å². The topological polar surface area (TPSA) is 74.4 Å². The van der Waals surface area contributed by atoms with Crippen molar-refractivity contribution in [3.63, 3.8) is 0 Å². The highest BCUT2D eigenvalue weighted by Gasteiger charge is 2.49. The summed E-state index contributed by atoms with van der Waals surface area (Å²) in [4.78, 5) is 28.8. The summed E-state index contributed by atoms with van der Waals surface area (Å²) in [7, 11) is 0. The van der Waals surface area contributed by atoms with Gasteiger partial charge in [0.2, 0.25) is 5.56 Å². The third-order valence-electron chi connectivity index (χ3n) is 6.43. The lowest BCUT2D eigenvalue weighted by Gasteiger charge is -2.33. The number of esters is 1. The zero-order chi connectivity index (χ0) is 18.0. The molecule has 1 atom stereocenters.